The van der Waals surface area contributed by atoms with E-state index in [1.165, 1.54) is 44.3 Å². The van der Waals surface area contributed by atoms with Gasteiger partial charge in [-0.1, -0.05) is 12.8 Å². The molecule has 4 heterocycles. The summed E-state index contributed by atoms with van der Waals surface area (Å²) in [6.07, 6.45) is 12.7. The van der Waals surface area contributed by atoms with Gasteiger partial charge >= 0.3 is 0 Å². The highest BCUT2D eigenvalue weighted by Gasteiger charge is 2.25. The topological polar surface area (TPSA) is 51.8 Å². The molecule has 6 heteroatoms. The first-order valence-corrected chi connectivity index (χ1v) is 9.02. The van der Waals surface area contributed by atoms with Gasteiger partial charge in [0.15, 0.2) is 0 Å². The summed E-state index contributed by atoms with van der Waals surface area (Å²) in [4.78, 5) is 2.59. The van der Waals surface area contributed by atoms with Gasteiger partial charge in [0.1, 0.15) is 11.6 Å². The fourth-order valence-electron chi connectivity index (χ4n) is 3.94. The maximum Gasteiger partial charge on any atom is 0.147 e. The molecule has 2 aliphatic heterocycles. The molecule has 2 aliphatic rings. The summed E-state index contributed by atoms with van der Waals surface area (Å²) >= 11 is 0. The lowest BCUT2D eigenvalue weighted by Crippen LogP contribution is -2.42. The summed E-state index contributed by atoms with van der Waals surface area (Å²) in [5.41, 5.74) is 0. The van der Waals surface area contributed by atoms with E-state index in [9.17, 15) is 0 Å². The predicted octanol–water partition coefficient (Wildman–Crippen LogP) is 2.26. The second kappa shape index (κ2) is 6.83. The molecule has 0 aliphatic carbocycles. The van der Waals surface area contributed by atoms with E-state index in [-0.39, 0.29) is 0 Å². The van der Waals surface area contributed by atoms with Crippen molar-refractivity contribution in [3.05, 3.63) is 30.1 Å². The Morgan fingerprint density at radius 3 is 2.91 bits per heavy atom. The lowest BCUT2D eigenvalue weighted by atomic mass is 10.0. The number of fused-ring (bicyclic) bond motifs is 1. The lowest BCUT2D eigenvalue weighted by Gasteiger charge is -2.35. The van der Waals surface area contributed by atoms with Crippen molar-refractivity contribution in [3.8, 4) is 0 Å². The molecule has 2 aromatic heterocycles. The second-order valence-electron chi connectivity index (χ2n) is 6.84. The predicted molar refractivity (Wildman–Crippen MR) is 87.9 cm³/mol. The first-order valence-electron chi connectivity index (χ1n) is 9.02. The maximum absolute atomic E-state index is 4.51. The number of likely N-dealkylation sites (tertiary alicyclic amines) is 1. The number of hydrogen-bond donors (Lipinski definition) is 0. The molecular formula is C17H26N6. The molecule has 0 N–H and O–H groups in total. The van der Waals surface area contributed by atoms with E-state index in [4.69, 9.17) is 0 Å². The van der Waals surface area contributed by atoms with Gasteiger partial charge in [-0.25, -0.2) is 0 Å². The van der Waals surface area contributed by atoms with Gasteiger partial charge in [0.25, 0.3) is 0 Å². The number of aromatic nitrogens is 5. The van der Waals surface area contributed by atoms with Crippen LogP contribution in [-0.4, -0.2) is 42.0 Å². The average Bonchev–Trinajstić information content (AvgIpc) is 3.14. The van der Waals surface area contributed by atoms with Crippen molar-refractivity contribution in [3.63, 3.8) is 0 Å². The monoisotopic (exact) mass is 314 g/mol. The molecule has 1 atom stereocenters. The number of piperidine rings is 1. The smallest absolute Gasteiger partial charge is 0.147 e. The first-order chi connectivity index (χ1) is 11.4. The molecule has 0 radical (unpaired) electrons. The third-order valence-electron chi connectivity index (χ3n) is 5.24. The Morgan fingerprint density at radius 2 is 2.00 bits per heavy atom. The molecule has 1 fully saturated rings. The van der Waals surface area contributed by atoms with E-state index in [1.54, 1.807) is 0 Å². The molecular weight excluding hydrogens is 288 g/mol. The van der Waals surface area contributed by atoms with Crippen LogP contribution in [0.3, 0.4) is 0 Å². The molecule has 0 bridgehead atoms. The first kappa shape index (κ1) is 14.9. The third-order valence-corrected chi connectivity index (χ3v) is 5.24. The molecule has 23 heavy (non-hydrogen) atoms. The van der Waals surface area contributed by atoms with Crippen LogP contribution in [0.25, 0.3) is 0 Å². The largest absolute Gasteiger partial charge is 0.314 e. The van der Waals surface area contributed by atoms with Crippen molar-refractivity contribution in [2.24, 2.45) is 0 Å². The van der Waals surface area contributed by atoms with Crippen LogP contribution >= 0.6 is 0 Å². The van der Waals surface area contributed by atoms with Crippen molar-refractivity contribution in [2.75, 3.05) is 6.54 Å². The fourth-order valence-corrected chi connectivity index (χ4v) is 3.94. The van der Waals surface area contributed by atoms with Gasteiger partial charge in [-0.05, 0) is 38.3 Å². The van der Waals surface area contributed by atoms with Gasteiger partial charge in [-0.3, -0.25) is 9.58 Å². The zero-order valence-electron chi connectivity index (χ0n) is 13.8. The van der Waals surface area contributed by atoms with E-state index in [2.05, 4.69) is 35.6 Å². The van der Waals surface area contributed by atoms with Gasteiger partial charge in [0.2, 0.25) is 0 Å². The second-order valence-corrected chi connectivity index (χ2v) is 6.84. The van der Waals surface area contributed by atoms with Crippen LogP contribution in [0.15, 0.2) is 18.5 Å². The van der Waals surface area contributed by atoms with Crippen molar-refractivity contribution >= 4 is 0 Å². The third kappa shape index (κ3) is 3.32. The number of nitrogens with zero attached hydrogens (tertiary/aromatic N) is 6. The quantitative estimate of drug-likeness (QED) is 0.868. The number of hydrogen-bond acceptors (Lipinski definition) is 4. The van der Waals surface area contributed by atoms with Crippen LogP contribution in [0.4, 0.5) is 0 Å². The van der Waals surface area contributed by atoms with Crippen LogP contribution in [-0.2, 0) is 26.1 Å². The highest BCUT2D eigenvalue weighted by Crippen LogP contribution is 2.22. The average molecular weight is 314 g/mol. The van der Waals surface area contributed by atoms with Crippen molar-refractivity contribution < 1.29 is 0 Å². The molecule has 6 nitrogen and oxygen atoms in total. The minimum absolute atomic E-state index is 0.558. The summed E-state index contributed by atoms with van der Waals surface area (Å²) < 4.78 is 4.44. The normalized spacial score (nSPS) is 22.7. The van der Waals surface area contributed by atoms with Gasteiger partial charge in [0.05, 0.1) is 13.1 Å². The van der Waals surface area contributed by atoms with E-state index < -0.39 is 0 Å². The van der Waals surface area contributed by atoms with Gasteiger partial charge < -0.3 is 4.57 Å². The van der Waals surface area contributed by atoms with Crippen LogP contribution in [0.5, 0.6) is 0 Å². The van der Waals surface area contributed by atoms with Crippen LogP contribution in [0.2, 0.25) is 0 Å². The Hall–Kier alpha value is -1.69. The lowest BCUT2D eigenvalue weighted by molar-refractivity contribution is 0.117. The van der Waals surface area contributed by atoms with Gasteiger partial charge in [-0.15, -0.1) is 10.2 Å². The summed E-state index contributed by atoms with van der Waals surface area (Å²) in [5.74, 6) is 2.35. The molecule has 1 unspecified atom stereocenters. The van der Waals surface area contributed by atoms with Crippen LogP contribution in [0, 0.1) is 0 Å². The molecule has 0 spiro atoms. The Labute approximate surface area is 137 Å². The van der Waals surface area contributed by atoms with Crippen molar-refractivity contribution in [1.82, 2.24) is 29.4 Å². The minimum atomic E-state index is 0.558. The summed E-state index contributed by atoms with van der Waals surface area (Å²) in [6.45, 7) is 4.16. The van der Waals surface area contributed by atoms with E-state index in [0.717, 1.165) is 38.4 Å². The highest BCUT2D eigenvalue weighted by atomic mass is 15.3. The molecule has 4 rings (SSSR count). The van der Waals surface area contributed by atoms with Crippen LogP contribution in [0.1, 0.15) is 50.2 Å². The Kier molecular flexibility index (Phi) is 4.41. The SMILES string of the molecule is c1cnn(CC2CCCCN2Cc2nnc3n2CCCCC3)c1. The summed E-state index contributed by atoms with van der Waals surface area (Å²) in [5, 5.41) is 13.3. The van der Waals surface area contributed by atoms with Gasteiger partial charge in [0, 0.05) is 31.4 Å². The van der Waals surface area contributed by atoms with E-state index in [1.807, 2.05) is 12.3 Å². The standard InChI is InChI=1S/C17H26N6/c1-2-8-16-19-20-17(23(16)12-4-1)14-21-10-5-3-7-15(21)13-22-11-6-9-18-22/h6,9,11,15H,1-5,7-8,10,12-14H2. The molecule has 0 amide bonds. The van der Waals surface area contributed by atoms with Gasteiger partial charge in [-0.2, -0.15) is 5.10 Å². The molecule has 0 aromatic carbocycles. The maximum atomic E-state index is 4.51. The Morgan fingerprint density at radius 1 is 1.04 bits per heavy atom. The minimum Gasteiger partial charge on any atom is -0.314 e. The number of rotatable bonds is 4. The Balaban J connectivity index is 1.48. The summed E-state index contributed by atoms with van der Waals surface area (Å²) in [6, 6.07) is 2.56. The van der Waals surface area contributed by atoms with Crippen molar-refractivity contribution in [1.29, 1.82) is 0 Å². The Bertz CT molecular complexity index is 617. The van der Waals surface area contributed by atoms with Crippen molar-refractivity contribution in [2.45, 2.75) is 70.6 Å². The zero-order valence-corrected chi connectivity index (χ0v) is 13.8. The molecule has 1 saturated heterocycles. The summed E-state index contributed by atoms with van der Waals surface area (Å²) in [7, 11) is 0. The molecule has 0 saturated carbocycles. The van der Waals surface area contributed by atoms with E-state index in [0.29, 0.717) is 6.04 Å². The molecule has 124 valence electrons. The molecule has 2 aromatic rings. The van der Waals surface area contributed by atoms with E-state index >= 15 is 0 Å². The fraction of sp³-hybridized carbons (Fsp3) is 0.706. The number of aryl methyl sites for hydroxylation is 1. The van der Waals surface area contributed by atoms with Crippen LogP contribution < -0.4 is 0 Å². The highest BCUT2D eigenvalue weighted by molar-refractivity contribution is 4.99. The zero-order chi connectivity index (χ0) is 15.5.